The molecule has 0 spiro atoms. The number of carboxylic acid groups (broad SMARTS) is 1. The van der Waals surface area contributed by atoms with Gasteiger partial charge in [0.15, 0.2) is 5.72 Å². The van der Waals surface area contributed by atoms with Crippen molar-refractivity contribution in [2.24, 2.45) is 0 Å². The van der Waals surface area contributed by atoms with Gasteiger partial charge in [-0.25, -0.2) is 14.7 Å². The van der Waals surface area contributed by atoms with Gasteiger partial charge in [-0.3, -0.25) is 9.69 Å². The van der Waals surface area contributed by atoms with Crippen LogP contribution in [0, 0.1) is 0 Å². The summed E-state index contributed by atoms with van der Waals surface area (Å²) >= 11 is 0. The van der Waals surface area contributed by atoms with Gasteiger partial charge in [0.2, 0.25) is 5.95 Å². The fourth-order valence-electron chi connectivity index (χ4n) is 4.54. The number of aliphatic hydroxyl groups excluding tert-OH is 2. The number of rotatable bonds is 7. The highest BCUT2D eigenvalue weighted by Crippen LogP contribution is 2.43. The molecule has 184 valence electrons. The first-order valence-corrected chi connectivity index (χ1v) is 11.3. The Morgan fingerprint density at radius 2 is 1.81 bits per heavy atom. The number of aromatic nitrogens is 2. The number of aliphatic hydroxyl groups is 3. The molecule has 0 saturated heterocycles. The van der Waals surface area contributed by atoms with Crippen LogP contribution in [0.3, 0.4) is 0 Å². The molecule has 2 unspecified atom stereocenters. The van der Waals surface area contributed by atoms with E-state index < -0.39 is 24.5 Å². The minimum atomic E-state index is -1.78. The number of amides is 2. The lowest BCUT2D eigenvalue weighted by Gasteiger charge is -2.35. The molecule has 36 heavy (non-hydrogen) atoms. The molecule has 5 N–H and O–H groups in total. The predicted molar refractivity (Wildman–Crippen MR) is 130 cm³/mol. The van der Waals surface area contributed by atoms with Crippen LogP contribution in [0.2, 0.25) is 0 Å². The van der Waals surface area contributed by atoms with Crippen LogP contribution < -0.4 is 4.90 Å². The van der Waals surface area contributed by atoms with E-state index in [4.69, 9.17) is 5.11 Å². The van der Waals surface area contributed by atoms with Crippen LogP contribution in [-0.2, 0) is 12.3 Å². The maximum Gasteiger partial charge on any atom is 0.414 e. The summed E-state index contributed by atoms with van der Waals surface area (Å²) in [6.07, 6.45) is -2.64. The van der Waals surface area contributed by atoms with Crippen molar-refractivity contribution in [3.63, 3.8) is 0 Å². The Morgan fingerprint density at radius 1 is 1.08 bits per heavy atom. The van der Waals surface area contributed by atoms with Gasteiger partial charge in [-0.1, -0.05) is 54.6 Å². The van der Waals surface area contributed by atoms with Crippen LogP contribution in [0.1, 0.15) is 27.0 Å². The quantitative estimate of drug-likeness (QED) is 0.268. The molecule has 2 amide bonds. The molecule has 10 nitrogen and oxygen atoms in total. The third kappa shape index (κ3) is 3.87. The summed E-state index contributed by atoms with van der Waals surface area (Å²) in [5.41, 5.74) is 1.17. The van der Waals surface area contributed by atoms with Gasteiger partial charge in [0, 0.05) is 23.2 Å². The van der Waals surface area contributed by atoms with Crippen molar-refractivity contribution in [2.75, 3.05) is 18.1 Å². The fraction of sp³-hybridized carbons (Fsp3) is 0.192. The van der Waals surface area contributed by atoms with E-state index in [1.54, 1.807) is 42.5 Å². The number of fused-ring (bicyclic) bond motifs is 2. The van der Waals surface area contributed by atoms with Crippen LogP contribution in [-0.4, -0.2) is 66.6 Å². The Balaban J connectivity index is 1.59. The second-order valence-corrected chi connectivity index (χ2v) is 8.62. The second-order valence-electron chi connectivity index (χ2n) is 8.62. The number of carbonyl (C=O) groups excluding carboxylic acids is 1. The first-order valence-electron chi connectivity index (χ1n) is 11.3. The van der Waals surface area contributed by atoms with Crippen molar-refractivity contribution in [3.05, 3.63) is 95.1 Å². The van der Waals surface area contributed by atoms with Gasteiger partial charge in [0.05, 0.1) is 30.3 Å². The molecule has 1 aliphatic heterocycles. The van der Waals surface area contributed by atoms with Gasteiger partial charge in [0.1, 0.15) is 0 Å². The van der Waals surface area contributed by atoms with E-state index in [9.17, 15) is 24.9 Å². The molecule has 0 saturated carbocycles. The summed E-state index contributed by atoms with van der Waals surface area (Å²) in [5.74, 6) is -0.351. The SMILES string of the molecule is O=C(O)N(CC(O)CO)c1nc2ccc(C3(O)c4ccccc4C(=O)N3Cc3ccccc3)cc2[nH]1. The average molecular weight is 489 g/mol. The normalized spacial score (nSPS) is 17.9. The minimum Gasteiger partial charge on any atom is -0.465 e. The molecule has 4 aromatic rings. The first-order chi connectivity index (χ1) is 17.3. The molecule has 1 aliphatic rings. The van der Waals surface area contributed by atoms with Crippen LogP contribution in [0.15, 0.2) is 72.8 Å². The monoisotopic (exact) mass is 488 g/mol. The van der Waals surface area contributed by atoms with E-state index in [-0.39, 0.29) is 24.9 Å². The zero-order valence-electron chi connectivity index (χ0n) is 19.1. The number of imidazole rings is 1. The van der Waals surface area contributed by atoms with Gasteiger partial charge in [-0.15, -0.1) is 0 Å². The number of aromatic amines is 1. The Bertz CT molecular complexity index is 1440. The number of carbonyl (C=O) groups is 2. The number of nitrogens with zero attached hydrogens (tertiary/aromatic N) is 3. The van der Waals surface area contributed by atoms with E-state index >= 15 is 0 Å². The minimum absolute atomic E-state index is 0.0434. The molecule has 10 heteroatoms. The lowest BCUT2D eigenvalue weighted by atomic mass is 9.93. The van der Waals surface area contributed by atoms with E-state index in [0.29, 0.717) is 27.7 Å². The standard InChI is InChI=1S/C26H24N4O6/c31-15-18(32)14-29(25(34)35)24-27-21-11-10-17(12-22(21)28-24)26(36)20-9-5-4-8-19(20)23(33)30(26)13-16-6-2-1-3-7-16/h1-12,18,31-32,36H,13-15H2,(H,27,28)(H,34,35). The molecule has 0 bridgehead atoms. The van der Waals surface area contributed by atoms with E-state index in [2.05, 4.69) is 9.97 Å². The largest absolute Gasteiger partial charge is 0.465 e. The van der Waals surface area contributed by atoms with E-state index in [1.165, 1.54) is 4.90 Å². The zero-order valence-corrected chi connectivity index (χ0v) is 19.1. The number of hydrogen-bond acceptors (Lipinski definition) is 6. The molecule has 0 radical (unpaired) electrons. The Morgan fingerprint density at radius 3 is 2.53 bits per heavy atom. The number of nitrogens with one attached hydrogen (secondary N) is 1. The van der Waals surface area contributed by atoms with Gasteiger partial charge < -0.3 is 25.4 Å². The van der Waals surface area contributed by atoms with E-state index in [1.807, 2.05) is 30.3 Å². The lowest BCUT2D eigenvalue weighted by Crippen LogP contribution is -2.44. The van der Waals surface area contributed by atoms with Gasteiger partial charge in [-0.05, 0) is 23.8 Å². The van der Waals surface area contributed by atoms with Gasteiger partial charge >= 0.3 is 6.09 Å². The molecule has 0 aliphatic carbocycles. The Kier molecular flexibility index (Phi) is 5.92. The predicted octanol–water partition coefficient (Wildman–Crippen LogP) is 2.25. The summed E-state index contributed by atoms with van der Waals surface area (Å²) in [4.78, 5) is 34.5. The van der Waals surface area contributed by atoms with Crippen LogP contribution in [0.5, 0.6) is 0 Å². The number of H-pyrrole nitrogens is 1. The van der Waals surface area contributed by atoms with Crippen LogP contribution >= 0.6 is 0 Å². The highest BCUT2D eigenvalue weighted by Gasteiger charge is 2.49. The second kappa shape index (κ2) is 9.08. The maximum atomic E-state index is 13.4. The highest BCUT2D eigenvalue weighted by molar-refractivity contribution is 6.00. The first kappa shape index (κ1) is 23.5. The number of anilines is 1. The molecule has 5 rings (SSSR count). The fourth-order valence-corrected chi connectivity index (χ4v) is 4.54. The molecule has 2 heterocycles. The summed E-state index contributed by atoms with van der Waals surface area (Å²) in [6.45, 7) is -0.815. The maximum absolute atomic E-state index is 13.4. The van der Waals surface area contributed by atoms with Crippen molar-refractivity contribution in [1.82, 2.24) is 14.9 Å². The Hall–Kier alpha value is -4.25. The van der Waals surface area contributed by atoms with Crippen LogP contribution in [0.4, 0.5) is 10.7 Å². The topological polar surface area (TPSA) is 150 Å². The molecular formula is C26H24N4O6. The van der Waals surface area contributed by atoms with Crippen molar-refractivity contribution >= 4 is 29.0 Å². The Labute approximate surface area is 205 Å². The summed E-state index contributed by atoms with van der Waals surface area (Å²) in [7, 11) is 0. The molecule has 3 aromatic carbocycles. The lowest BCUT2D eigenvalue weighted by molar-refractivity contribution is -0.0542. The van der Waals surface area contributed by atoms with Crippen molar-refractivity contribution in [2.45, 2.75) is 18.4 Å². The summed E-state index contributed by atoms with van der Waals surface area (Å²) in [6, 6.07) is 21.1. The molecule has 1 aromatic heterocycles. The van der Waals surface area contributed by atoms with Crippen molar-refractivity contribution in [1.29, 1.82) is 0 Å². The highest BCUT2D eigenvalue weighted by atomic mass is 16.4. The third-order valence-corrected chi connectivity index (χ3v) is 6.31. The smallest absolute Gasteiger partial charge is 0.414 e. The number of hydrogen-bond donors (Lipinski definition) is 5. The molecule has 0 fully saturated rings. The number of benzene rings is 3. The van der Waals surface area contributed by atoms with Gasteiger partial charge in [0.25, 0.3) is 5.91 Å². The van der Waals surface area contributed by atoms with E-state index in [0.717, 1.165) is 10.5 Å². The molecule has 2 atom stereocenters. The van der Waals surface area contributed by atoms with Crippen molar-refractivity contribution in [3.8, 4) is 0 Å². The van der Waals surface area contributed by atoms with Crippen LogP contribution in [0.25, 0.3) is 11.0 Å². The average Bonchev–Trinajstić information content (AvgIpc) is 3.41. The van der Waals surface area contributed by atoms with Gasteiger partial charge in [-0.2, -0.15) is 0 Å². The summed E-state index contributed by atoms with van der Waals surface area (Å²) in [5, 5.41) is 40.5. The third-order valence-electron chi connectivity index (χ3n) is 6.31. The van der Waals surface area contributed by atoms with Crippen molar-refractivity contribution < 1.29 is 30.0 Å². The zero-order chi connectivity index (χ0) is 25.4. The molecular weight excluding hydrogens is 464 g/mol. The summed E-state index contributed by atoms with van der Waals surface area (Å²) < 4.78 is 0.